The average molecular weight is 215 g/mol. The molecule has 1 nitrogen and oxygen atoms in total. The van der Waals surface area contributed by atoms with Gasteiger partial charge in [0.2, 0.25) is 0 Å². The lowest BCUT2D eigenvalue weighted by atomic mass is 10.1. The second kappa shape index (κ2) is 5.05. The summed E-state index contributed by atoms with van der Waals surface area (Å²) in [7, 11) is 0. The lowest BCUT2D eigenvalue weighted by Gasteiger charge is -2.00. The van der Waals surface area contributed by atoms with Gasteiger partial charge in [0.15, 0.2) is 5.78 Å². The molecule has 0 aliphatic carbocycles. The average Bonchev–Trinajstić information content (AvgIpc) is 2.21. The number of ketones is 1. The number of Topliss-reactive ketones (excluding diaryl/α,β-unsaturated/α-hetero) is 1. The van der Waals surface area contributed by atoms with Crippen LogP contribution in [0.1, 0.15) is 10.4 Å². The molecule has 3 heteroatoms. The maximum Gasteiger partial charge on any atom is 0.191 e. The maximum absolute atomic E-state index is 11.6. The molecule has 0 fully saturated rings. The fourth-order valence-corrected chi connectivity index (χ4v) is 1.37. The second-order valence-electron chi connectivity index (χ2n) is 2.46. The molecule has 0 bridgehead atoms. The van der Waals surface area contributed by atoms with Crippen LogP contribution in [0.3, 0.4) is 0 Å². The van der Waals surface area contributed by atoms with E-state index in [4.69, 9.17) is 23.2 Å². The summed E-state index contributed by atoms with van der Waals surface area (Å²) in [5, 5.41) is 0. The molecule has 0 N–H and O–H groups in total. The van der Waals surface area contributed by atoms with Gasteiger partial charge in [0, 0.05) is 16.7 Å². The Kier molecular flexibility index (Phi) is 4.00. The van der Waals surface area contributed by atoms with Gasteiger partial charge in [-0.2, -0.15) is 0 Å². The zero-order valence-electron chi connectivity index (χ0n) is 6.84. The molecule has 0 spiro atoms. The van der Waals surface area contributed by atoms with E-state index in [1.807, 2.05) is 6.07 Å². The molecule has 0 aromatic heterocycles. The number of hydrogen-bond donors (Lipinski definition) is 0. The van der Waals surface area contributed by atoms with Crippen molar-refractivity contribution in [3.8, 4) is 0 Å². The number of benzene rings is 1. The van der Waals surface area contributed by atoms with Crippen LogP contribution in [-0.4, -0.2) is 11.7 Å². The van der Waals surface area contributed by atoms with Crippen molar-refractivity contribution in [1.82, 2.24) is 0 Å². The van der Waals surface area contributed by atoms with Crippen molar-refractivity contribution < 1.29 is 4.79 Å². The number of carbonyl (C=O) groups excluding carboxylic acids is 1. The van der Waals surface area contributed by atoms with E-state index in [1.54, 1.807) is 24.3 Å². The number of carbonyl (C=O) groups is 1. The van der Waals surface area contributed by atoms with Crippen LogP contribution in [0.4, 0.5) is 0 Å². The molecule has 0 aliphatic heterocycles. The minimum absolute atomic E-state index is 0.120. The topological polar surface area (TPSA) is 17.1 Å². The molecule has 0 saturated heterocycles. The van der Waals surface area contributed by atoms with Gasteiger partial charge in [0.05, 0.1) is 5.88 Å². The Labute approximate surface area is 87.0 Å². The van der Waals surface area contributed by atoms with Crippen LogP contribution < -0.4 is 0 Å². The second-order valence-corrected chi connectivity index (χ2v) is 2.95. The van der Waals surface area contributed by atoms with Crippen molar-refractivity contribution in [3.63, 3.8) is 0 Å². The van der Waals surface area contributed by atoms with Crippen molar-refractivity contribution in [1.29, 1.82) is 0 Å². The Morgan fingerprint density at radius 2 is 1.92 bits per heavy atom. The molecular weight excluding hydrogens is 207 g/mol. The molecule has 0 saturated carbocycles. The van der Waals surface area contributed by atoms with Gasteiger partial charge in [-0.1, -0.05) is 41.9 Å². The van der Waals surface area contributed by atoms with Gasteiger partial charge in [-0.3, -0.25) is 4.79 Å². The van der Waals surface area contributed by atoms with Crippen molar-refractivity contribution in [2.45, 2.75) is 0 Å². The summed E-state index contributed by atoms with van der Waals surface area (Å²) in [5.74, 6) is 0.0163. The van der Waals surface area contributed by atoms with Gasteiger partial charge in [0.1, 0.15) is 0 Å². The van der Waals surface area contributed by atoms with Gasteiger partial charge in [-0.05, 0) is 0 Å². The van der Waals surface area contributed by atoms with Gasteiger partial charge < -0.3 is 0 Å². The molecule has 0 unspecified atom stereocenters. The van der Waals surface area contributed by atoms with Crippen molar-refractivity contribution in [3.05, 3.63) is 47.0 Å². The molecule has 0 heterocycles. The summed E-state index contributed by atoms with van der Waals surface area (Å²) in [6.45, 7) is 0. The number of halogens is 2. The van der Waals surface area contributed by atoms with Crippen molar-refractivity contribution in [2.24, 2.45) is 0 Å². The zero-order valence-corrected chi connectivity index (χ0v) is 8.35. The van der Waals surface area contributed by atoms with E-state index in [9.17, 15) is 4.79 Å². The maximum atomic E-state index is 11.6. The predicted octanol–water partition coefficient (Wildman–Crippen LogP) is 3.23. The molecule has 0 radical (unpaired) electrons. The molecule has 1 aromatic rings. The highest BCUT2D eigenvalue weighted by Crippen LogP contribution is 2.10. The lowest BCUT2D eigenvalue weighted by molar-refractivity contribution is 0.103. The molecule has 0 aliphatic rings. The van der Waals surface area contributed by atoms with E-state index >= 15 is 0 Å². The van der Waals surface area contributed by atoms with E-state index in [0.717, 1.165) is 0 Å². The molecule has 0 atom stereocenters. The highest BCUT2D eigenvalue weighted by Gasteiger charge is 2.09. The number of hydrogen-bond acceptors (Lipinski definition) is 1. The predicted molar refractivity (Wildman–Crippen MR) is 55.4 cm³/mol. The molecule has 1 aromatic carbocycles. The number of allylic oxidation sites excluding steroid dienone is 1. The molecule has 13 heavy (non-hydrogen) atoms. The van der Waals surface area contributed by atoms with Gasteiger partial charge >= 0.3 is 0 Å². The van der Waals surface area contributed by atoms with Gasteiger partial charge in [-0.15, -0.1) is 11.6 Å². The van der Waals surface area contributed by atoms with Crippen LogP contribution in [0.5, 0.6) is 0 Å². The van der Waals surface area contributed by atoms with Gasteiger partial charge in [-0.25, -0.2) is 0 Å². The molecule has 68 valence electrons. The van der Waals surface area contributed by atoms with E-state index in [-0.39, 0.29) is 11.7 Å². The highest BCUT2D eigenvalue weighted by molar-refractivity contribution is 6.32. The highest BCUT2D eigenvalue weighted by atomic mass is 35.5. The summed E-state index contributed by atoms with van der Waals surface area (Å²) in [6.07, 6.45) is 0. The Hall–Kier alpha value is -0.790. The van der Waals surface area contributed by atoms with E-state index in [1.165, 1.54) is 5.54 Å². The Balaban J connectivity index is 2.92. The molecule has 0 amide bonds. The summed E-state index contributed by atoms with van der Waals surface area (Å²) < 4.78 is 0. The van der Waals surface area contributed by atoms with Crippen molar-refractivity contribution in [2.75, 3.05) is 5.88 Å². The minimum Gasteiger partial charge on any atom is -0.289 e. The minimum atomic E-state index is -0.120. The Morgan fingerprint density at radius 3 is 2.38 bits per heavy atom. The summed E-state index contributed by atoms with van der Waals surface area (Å²) in [4.78, 5) is 11.6. The Bertz CT molecular complexity index is 317. The van der Waals surface area contributed by atoms with E-state index in [2.05, 4.69) is 0 Å². The lowest BCUT2D eigenvalue weighted by Crippen LogP contribution is -2.03. The van der Waals surface area contributed by atoms with E-state index in [0.29, 0.717) is 11.1 Å². The molecule has 1 rings (SSSR count). The van der Waals surface area contributed by atoms with Gasteiger partial charge in [0.25, 0.3) is 0 Å². The SMILES string of the molecule is O=C(C(=CCl)CCl)c1ccccc1. The fraction of sp³-hybridized carbons (Fsp3) is 0.100. The largest absolute Gasteiger partial charge is 0.289 e. The first-order valence-electron chi connectivity index (χ1n) is 3.74. The summed E-state index contributed by atoms with van der Waals surface area (Å²) in [5.41, 5.74) is 2.24. The van der Waals surface area contributed by atoms with Crippen LogP contribution in [0.25, 0.3) is 0 Å². The normalized spacial score (nSPS) is 11.4. The quantitative estimate of drug-likeness (QED) is 0.429. The fourth-order valence-electron chi connectivity index (χ4n) is 0.914. The van der Waals surface area contributed by atoms with Crippen LogP contribution in [0, 0.1) is 0 Å². The third kappa shape index (κ3) is 2.58. The first-order chi connectivity index (χ1) is 6.29. The standard InChI is InChI=1S/C10H8Cl2O/c11-6-9(7-12)10(13)8-4-2-1-3-5-8/h1-6H,7H2. The summed E-state index contributed by atoms with van der Waals surface area (Å²) in [6, 6.07) is 8.91. The zero-order chi connectivity index (χ0) is 9.68. The van der Waals surface area contributed by atoms with Crippen LogP contribution in [-0.2, 0) is 0 Å². The number of rotatable bonds is 3. The van der Waals surface area contributed by atoms with Crippen LogP contribution in [0.15, 0.2) is 41.4 Å². The smallest absolute Gasteiger partial charge is 0.191 e. The first kappa shape index (κ1) is 10.3. The number of alkyl halides is 1. The molecular formula is C10H8Cl2O. The Morgan fingerprint density at radius 1 is 1.31 bits per heavy atom. The van der Waals surface area contributed by atoms with Crippen molar-refractivity contribution >= 4 is 29.0 Å². The van der Waals surface area contributed by atoms with Crippen LogP contribution >= 0.6 is 23.2 Å². The summed E-state index contributed by atoms with van der Waals surface area (Å²) >= 11 is 11.0. The van der Waals surface area contributed by atoms with E-state index < -0.39 is 0 Å². The van der Waals surface area contributed by atoms with Crippen LogP contribution in [0.2, 0.25) is 0 Å². The first-order valence-corrected chi connectivity index (χ1v) is 4.71. The third-order valence-electron chi connectivity index (χ3n) is 1.60. The third-order valence-corrected chi connectivity index (χ3v) is 2.15. The monoisotopic (exact) mass is 214 g/mol.